The van der Waals surface area contributed by atoms with E-state index in [1.165, 1.54) is 11.9 Å². The first-order chi connectivity index (χ1) is 20.0. The summed E-state index contributed by atoms with van der Waals surface area (Å²) in [5.74, 6) is -0.498. The molecule has 42 heavy (non-hydrogen) atoms. The van der Waals surface area contributed by atoms with Crippen LogP contribution in [0.25, 0.3) is 10.8 Å². The van der Waals surface area contributed by atoms with Gasteiger partial charge in [0.05, 0.1) is 11.4 Å². The number of carbonyl (C=O) groups is 2. The number of carbonyl (C=O) groups excluding carboxylic acids is 2. The molecular formula is C34H39N3O4S. The Morgan fingerprint density at radius 3 is 2.12 bits per heavy atom. The number of nitrogens with zero attached hydrogens (tertiary/aromatic N) is 2. The minimum atomic E-state index is -3.98. The highest BCUT2D eigenvalue weighted by Crippen LogP contribution is 2.22. The highest BCUT2D eigenvalue weighted by atomic mass is 32.2. The van der Waals surface area contributed by atoms with Crippen LogP contribution < -0.4 is 5.32 Å². The average Bonchev–Trinajstić information content (AvgIpc) is 2.98. The van der Waals surface area contributed by atoms with E-state index in [-0.39, 0.29) is 23.3 Å². The molecule has 4 rings (SSSR count). The molecule has 0 aliphatic heterocycles. The van der Waals surface area contributed by atoms with Crippen molar-refractivity contribution >= 4 is 32.6 Å². The smallest absolute Gasteiger partial charge is 0.243 e. The zero-order chi connectivity index (χ0) is 30.3. The van der Waals surface area contributed by atoms with Crippen LogP contribution in [0.2, 0.25) is 0 Å². The van der Waals surface area contributed by atoms with Gasteiger partial charge in [-0.25, -0.2) is 8.42 Å². The molecule has 0 aliphatic rings. The summed E-state index contributed by atoms with van der Waals surface area (Å²) in [5, 5.41) is 4.72. The van der Waals surface area contributed by atoms with Gasteiger partial charge in [0, 0.05) is 26.6 Å². The number of fused-ring (bicyclic) bond motifs is 1. The van der Waals surface area contributed by atoms with Gasteiger partial charge in [-0.3, -0.25) is 9.59 Å². The van der Waals surface area contributed by atoms with Crippen molar-refractivity contribution in [1.29, 1.82) is 0 Å². The fourth-order valence-corrected chi connectivity index (χ4v) is 5.90. The Labute approximate surface area is 249 Å². The van der Waals surface area contributed by atoms with E-state index < -0.39 is 28.5 Å². The van der Waals surface area contributed by atoms with Crippen molar-refractivity contribution in [3.05, 3.63) is 114 Å². The predicted octanol–water partition coefficient (Wildman–Crippen LogP) is 5.18. The van der Waals surface area contributed by atoms with E-state index in [2.05, 4.69) is 5.32 Å². The van der Waals surface area contributed by atoms with Gasteiger partial charge in [0.1, 0.15) is 6.04 Å². The SMILES string of the molecule is Cc1ccc(CN(C(=O)CN(C)S(=O)(=O)c2ccc3ccccc3c2)[C@@H](Cc2ccccc2)C(=O)NCC(C)C)cc1. The van der Waals surface area contributed by atoms with E-state index >= 15 is 0 Å². The Bertz CT molecular complexity index is 1620. The van der Waals surface area contributed by atoms with E-state index in [9.17, 15) is 18.0 Å². The van der Waals surface area contributed by atoms with Crippen LogP contribution in [0.15, 0.2) is 102 Å². The topological polar surface area (TPSA) is 86.8 Å². The van der Waals surface area contributed by atoms with Crippen LogP contribution in [0, 0.1) is 12.8 Å². The molecule has 1 atom stereocenters. The van der Waals surface area contributed by atoms with Crippen LogP contribution in [-0.2, 0) is 32.6 Å². The van der Waals surface area contributed by atoms with Crippen molar-refractivity contribution in [3.8, 4) is 0 Å². The molecule has 8 heteroatoms. The van der Waals surface area contributed by atoms with Gasteiger partial charge in [-0.1, -0.05) is 104 Å². The molecule has 7 nitrogen and oxygen atoms in total. The maximum absolute atomic E-state index is 14.0. The Hall–Kier alpha value is -4.01. The van der Waals surface area contributed by atoms with Gasteiger partial charge in [0.15, 0.2) is 0 Å². The Balaban J connectivity index is 1.66. The van der Waals surface area contributed by atoms with Gasteiger partial charge < -0.3 is 10.2 Å². The lowest BCUT2D eigenvalue weighted by molar-refractivity contribution is -0.141. The summed E-state index contributed by atoms with van der Waals surface area (Å²) in [4.78, 5) is 29.3. The average molecular weight is 586 g/mol. The van der Waals surface area contributed by atoms with Crippen molar-refractivity contribution in [2.75, 3.05) is 20.1 Å². The molecule has 2 amide bonds. The summed E-state index contributed by atoms with van der Waals surface area (Å²) in [6.45, 7) is 6.21. The largest absolute Gasteiger partial charge is 0.354 e. The lowest BCUT2D eigenvalue weighted by Gasteiger charge is -2.33. The molecular weight excluding hydrogens is 546 g/mol. The van der Waals surface area contributed by atoms with E-state index in [0.29, 0.717) is 13.0 Å². The Kier molecular flexibility index (Phi) is 10.1. The summed E-state index contributed by atoms with van der Waals surface area (Å²) in [6.07, 6.45) is 0.295. The molecule has 0 spiro atoms. The summed E-state index contributed by atoms with van der Waals surface area (Å²) < 4.78 is 28.2. The third-order valence-electron chi connectivity index (χ3n) is 7.22. The van der Waals surface area contributed by atoms with Crippen molar-refractivity contribution in [2.45, 2.75) is 44.7 Å². The molecule has 0 bridgehead atoms. The third kappa shape index (κ3) is 7.84. The monoisotopic (exact) mass is 585 g/mol. The van der Waals surface area contributed by atoms with Crippen LogP contribution in [-0.4, -0.2) is 55.6 Å². The highest BCUT2D eigenvalue weighted by molar-refractivity contribution is 7.89. The molecule has 0 unspecified atom stereocenters. The number of sulfonamides is 1. The van der Waals surface area contributed by atoms with Crippen molar-refractivity contribution in [3.63, 3.8) is 0 Å². The lowest BCUT2D eigenvalue weighted by Crippen LogP contribution is -2.53. The number of hydrogen-bond acceptors (Lipinski definition) is 4. The fourth-order valence-electron chi connectivity index (χ4n) is 4.74. The molecule has 0 fully saturated rings. The van der Waals surface area contributed by atoms with E-state index in [1.807, 2.05) is 99.6 Å². The fraction of sp³-hybridized carbons (Fsp3) is 0.294. The molecule has 4 aromatic rings. The third-order valence-corrected chi connectivity index (χ3v) is 9.02. The van der Waals surface area contributed by atoms with Gasteiger partial charge in [-0.2, -0.15) is 4.31 Å². The zero-order valence-corrected chi connectivity index (χ0v) is 25.5. The minimum Gasteiger partial charge on any atom is -0.354 e. The summed E-state index contributed by atoms with van der Waals surface area (Å²) in [5.41, 5.74) is 2.83. The number of hydrogen-bond donors (Lipinski definition) is 1. The lowest BCUT2D eigenvalue weighted by atomic mass is 10.0. The first-order valence-electron chi connectivity index (χ1n) is 14.2. The second-order valence-electron chi connectivity index (χ2n) is 11.1. The first-order valence-corrected chi connectivity index (χ1v) is 15.6. The molecule has 0 aliphatic carbocycles. The molecule has 0 radical (unpaired) electrons. The molecule has 220 valence electrons. The number of rotatable bonds is 12. The Morgan fingerprint density at radius 2 is 1.45 bits per heavy atom. The van der Waals surface area contributed by atoms with Gasteiger partial charge in [-0.05, 0) is 46.9 Å². The van der Waals surface area contributed by atoms with Gasteiger partial charge >= 0.3 is 0 Å². The van der Waals surface area contributed by atoms with Crippen LogP contribution in [0.5, 0.6) is 0 Å². The molecule has 1 N–H and O–H groups in total. The van der Waals surface area contributed by atoms with Crippen molar-refractivity contribution in [1.82, 2.24) is 14.5 Å². The van der Waals surface area contributed by atoms with Crippen LogP contribution in [0.3, 0.4) is 0 Å². The molecule has 4 aromatic carbocycles. The highest BCUT2D eigenvalue weighted by Gasteiger charge is 2.33. The normalized spacial score (nSPS) is 12.4. The quantitative estimate of drug-likeness (QED) is 0.248. The predicted molar refractivity (Wildman–Crippen MR) is 167 cm³/mol. The maximum Gasteiger partial charge on any atom is 0.243 e. The maximum atomic E-state index is 14.0. The molecule has 0 saturated carbocycles. The van der Waals surface area contributed by atoms with E-state index in [4.69, 9.17) is 0 Å². The Morgan fingerprint density at radius 1 is 0.810 bits per heavy atom. The number of amides is 2. The summed E-state index contributed by atoms with van der Waals surface area (Å²) in [6, 6.07) is 28.9. The van der Waals surface area contributed by atoms with Gasteiger partial charge in [0.25, 0.3) is 0 Å². The number of nitrogens with one attached hydrogen (secondary N) is 1. The zero-order valence-electron chi connectivity index (χ0n) is 24.7. The summed E-state index contributed by atoms with van der Waals surface area (Å²) in [7, 11) is -2.58. The number of aryl methyl sites for hydroxylation is 1. The van der Waals surface area contributed by atoms with Crippen LogP contribution in [0.1, 0.15) is 30.5 Å². The minimum absolute atomic E-state index is 0.108. The van der Waals surface area contributed by atoms with Gasteiger partial charge in [-0.15, -0.1) is 0 Å². The van der Waals surface area contributed by atoms with Crippen LogP contribution in [0.4, 0.5) is 0 Å². The van der Waals surface area contributed by atoms with Gasteiger partial charge in [0.2, 0.25) is 21.8 Å². The number of benzene rings is 4. The first kappa shape index (κ1) is 30.9. The number of likely N-dealkylation sites (N-methyl/N-ethyl adjacent to an activating group) is 1. The standard InChI is InChI=1S/C34H39N3O4S/c1-25(2)22-35-34(39)32(20-27-10-6-5-7-11-27)37(23-28-16-14-26(3)15-17-28)33(38)24-36(4)42(40,41)31-19-18-29-12-8-9-13-30(29)21-31/h5-19,21,25,32H,20,22-24H2,1-4H3,(H,35,39)/t32-/m0/s1. The molecule has 0 aromatic heterocycles. The van der Waals surface area contributed by atoms with E-state index in [1.54, 1.807) is 18.2 Å². The second-order valence-corrected chi connectivity index (χ2v) is 13.2. The molecule has 0 saturated heterocycles. The van der Waals surface area contributed by atoms with Crippen molar-refractivity contribution in [2.24, 2.45) is 5.92 Å². The van der Waals surface area contributed by atoms with Crippen LogP contribution >= 0.6 is 0 Å². The second kappa shape index (κ2) is 13.8. The molecule has 0 heterocycles. The van der Waals surface area contributed by atoms with Crippen molar-refractivity contribution < 1.29 is 18.0 Å². The summed E-state index contributed by atoms with van der Waals surface area (Å²) >= 11 is 0. The van der Waals surface area contributed by atoms with E-state index in [0.717, 1.165) is 31.8 Å².